The Hall–Kier alpha value is -4.31. The van der Waals surface area contributed by atoms with Gasteiger partial charge in [0.25, 0.3) is 0 Å². The Labute approximate surface area is 173 Å². The van der Waals surface area contributed by atoms with Gasteiger partial charge in [0.15, 0.2) is 0 Å². The molecule has 0 unspecified atom stereocenters. The molecule has 30 heavy (non-hydrogen) atoms. The highest BCUT2D eigenvalue weighted by molar-refractivity contribution is 5.67. The zero-order valence-electron chi connectivity index (χ0n) is 16.4. The van der Waals surface area contributed by atoms with Crippen molar-refractivity contribution in [1.29, 1.82) is 0 Å². The highest BCUT2D eigenvalue weighted by Crippen LogP contribution is 2.23. The van der Waals surface area contributed by atoms with Crippen LogP contribution in [0.5, 0.6) is 12.0 Å². The highest BCUT2D eigenvalue weighted by atomic mass is 16.5. The molecule has 0 aliphatic rings. The number of ether oxygens (including phenoxy) is 2. The van der Waals surface area contributed by atoms with Crippen LogP contribution in [-0.2, 0) is 0 Å². The van der Waals surface area contributed by atoms with Gasteiger partial charge in [0, 0.05) is 17.3 Å². The van der Waals surface area contributed by atoms with Crippen LogP contribution >= 0.6 is 0 Å². The molecule has 1 aromatic carbocycles. The van der Waals surface area contributed by atoms with Crippen molar-refractivity contribution in [3.8, 4) is 46.5 Å². The summed E-state index contributed by atoms with van der Waals surface area (Å²) in [6.45, 7) is 0. The zero-order chi connectivity index (χ0) is 20.8. The molecule has 0 N–H and O–H groups in total. The zero-order valence-corrected chi connectivity index (χ0v) is 16.4. The fourth-order valence-electron chi connectivity index (χ4n) is 2.71. The molecule has 3 aromatic heterocycles. The normalized spacial score (nSPS) is 10.1. The van der Waals surface area contributed by atoms with Crippen molar-refractivity contribution in [2.75, 3.05) is 14.2 Å². The predicted molar refractivity (Wildman–Crippen MR) is 112 cm³/mol. The Morgan fingerprint density at radius 2 is 1.37 bits per heavy atom. The van der Waals surface area contributed by atoms with Gasteiger partial charge in [-0.05, 0) is 30.2 Å². The minimum absolute atomic E-state index is 0.139. The summed E-state index contributed by atoms with van der Waals surface area (Å²) in [7, 11) is 2.94. The van der Waals surface area contributed by atoms with Crippen LogP contribution < -0.4 is 9.47 Å². The van der Waals surface area contributed by atoms with E-state index in [-0.39, 0.29) is 17.8 Å². The molecule has 0 aliphatic heterocycles. The largest absolute Gasteiger partial charge is 0.467 e. The third-order valence-electron chi connectivity index (χ3n) is 4.10. The molecule has 0 radical (unpaired) electrons. The van der Waals surface area contributed by atoms with E-state index in [1.165, 1.54) is 14.2 Å². The Kier molecular flexibility index (Phi) is 5.58. The second-order valence-electron chi connectivity index (χ2n) is 6.09. The summed E-state index contributed by atoms with van der Waals surface area (Å²) in [5.41, 5.74) is 4.03. The summed E-state index contributed by atoms with van der Waals surface area (Å²) in [6, 6.07) is 19.7. The Morgan fingerprint density at radius 1 is 0.667 bits per heavy atom. The minimum atomic E-state index is 0.139. The van der Waals surface area contributed by atoms with Crippen molar-refractivity contribution < 1.29 is 9.47 Å². The van der Waals surface area contributed by atoms with Gasteiger partial charge >= 0.3 is 12.0 Å². The number of aromatic nitrogens is 5. The van der Waals surface area contributed by atoms with Crippen molar-refractivity contribution in [2.24, 2.45) is 0 Å². The number of methoxy groups -OCH3 is 2. The second kappa shape index (κ2) is 8.80. The molecule has 0 aliphatic carbocycles. The van der Waals surface area contributed by atoms with Crippen LogP contribution in [0.25, 0.3) is 22.6 Å². The van der Waals surface area contributed by atoms with E-state index in [0.29, 0.717) is 0 Å². The predicted octanol–water partition coefficient (Wildman–Crippen LogP) is 3.41. The van der Waals surface area contributed by atoms with Gasteiger partial charge in [-0.1, -0.05) is 42.3 Å². The monoisotopic (exact) mass is 395 g/mol. The summed E-state index contributed by atoms with van der Waals surface area (Å²) in [5.74, 6) is 6.30. The Morgan fingerprint density at radius 3 is 2.03 bits per heavy atom. The molecule has 0 saturated carbocycles. The Balaban J connectivity index is 1.80. The lowest BCUT2D eigenvalue weighted by molar-refractivity contribution is 0.339. The summed E-state index contributed by atoms with van der Waals surface area (Å²) in [6.07, 6.45) is 1.74. The fourth-order valence-corrected chi connectivity index (χ4v) is 2.71. The van der Waals surface area contributed by atoms with Crippen LogP contribution in [0.15, 0.2) is 66.9 Å². The van der Waals surface area contributed by atoms with Gasteiger partial charge in [-0.25, -0.2) is 4.98 Å². The average molecular weight is 395 g/mol. The van der Waals surface area contributed by atoms with Crippen molar-refractivity contribution in [2.45, 2.75) is 0 Å². The molecule has 0 bridgehead atoms. The number of benzene rings is 1. The summed E-state index contributed by atoms with van der Waals surface area (Å²) in [4.78, 5) is 21.5. The number of rotatable bonds is 4. The van der Waals surface area contributed by atoms with Crippen LogP contribution in [-0.4, -0.2) is 39.1 Å². The van der Waals surface area contributed by atoms with Crippen LogP contribution in [0, 0.1) is 11.8 Å². The van der Waals surface area contributed by atoms with E-state index in [0.717, 1.165) is 28.2 Å². The molecule has 7 heteroatoms. The summed E-state index contributed by atoms with van der Waals surface area (Å²) >= 11 is 0. The van der Waals surface area contributed by atoms with E-state index in [9.17, 15) is 0 Å². The molecule has 0 atom stereocenters. The van der Waals surface area contributed by atoms with E-state index in [1.807, 2.05) is 60.7 Å². The van der Waals surface area contributed by atoms with Gasteiger partial charge in [-0.3, -0.25) is 4.98 Å². The number of nitrogens with zero attached hydrogens (tertiary/aromatic N) is 5. The highest BCUT2D eigenvalue weighted by Gasteiger charge is 2.08. The smallest absolute Gasteiger partial charge is 0.323 e. The fraction of sp³-hybridized carbons (Fsp3) is 0.0870. The van der Waals surface area contributed by atoms with E-state index in [4.69, 9.17) is 14.5 Å². The molecule has 0 saturated heterocycles. The first-order valence-corrected chi connectivity index (χ1v) is 9.10. The van der Waals surface area contributed by atoms with Crippen molar-refractivity contribution >= 4 is 0 Å². The quantitative estimate of drug-likeness (QED) is 0.490. The minimum Gasteiger partial charge on any atom is -0.467 e. The topological polar surface area (TPSA) is 82.9 Å². The maximum Gasteiger partial charge on any atom is 0.323 e. The maximum atomic E-state index is 5.08. The number of hydrogen-bond donors (Lipinski definition) is 0. The molecule has 4 rings (SSSR count). The molecule has 3 heterocycles. The van der Waals surface area contributed by atoms with Gasteiger partial charge in [0.1, 0.15) is 0 Å². The van der Waals surface area contributed by atoms with Gasteiger partial charge in [-0.2, -0.15) is 9.97 Å². The molecular weight excluding hydrogens is 378 g/mol. The van der Waals surface area contributed by atoms with Crippen LogP contribution in [0.3, 0.4) is 0 Å². The summed E-state index contributed by atoms with van der Waals surface area (Å²) < 4.78 is 10.2. The lowest BCUT2D eigenvalue weighted by Gasteiger charge is -2.06. The SMILES string of the molecule is COc1nc(C#Cc2cc(-c3ccccc3)nc(-c3ccccn3)c2)nc(OC)n1. The number of hydrogen-bond acceptors (Lipinski definition) is 7. The first-order chi connectivity index (χ1) is 14.7. The Bertz CT molecular complexity index is 1140. The molecule has 7 nitrogen and oxygen atoms in total. The van der Waals surface area contributed by atoms with Crippen molar-refractivity contribution in [3.63, 3.8) is 0 Å². The van der Waals surface area contributed by atoms with Crippen molar-refractivity contribution in [1.82, 2.24) is 24.9 Å². The third kappa shape index (κ3) is 4.39. The van der Waals surface area contributed by atoms with E-state index < -0.39 is 0 Å². The molecule has 0 spiro atoms. The molecule has 0 amide bonds. The van der Waals surface area contributed by atoms with E-state index in [1.54, 1.807) is 6.20 Å². The first-order valence-electron chi connectivity index (χ1n) is 9.10. The average Bonchev–Trinajstić information content (AvgIpc) is 2.83. The lowest BCUT2D eigenvalue weighted by atomic mass is 10.1. The standard InChI is InChI=1S/C23H17N5O2/c1-29-22-26-21(27-23(28-22)30-2)12-11-16-14-19(17-8-4-3-5-9-17)25-20(15-16)18-10-6-7-13-24-18/h3-10,13-15H,1-2H3. The maximum absolute atomic E-state index is 5.08. The molecule has 0 fully saturated rings. The molecular formula is C23H17N5O2. The number of pyridine rings is 2. The molecule has 4 aromatic rings. The van der Waals surface area contributed by atoms with Crippen molar-refractivity contribution in [3.05, 3.63) is 78.2 Å². The first kappa shape index (κ1) is 19.0. The van der Waals surface area contributed by atoms with E-state index >= 15 is 0 Å². The van der Waals surface area contributed by atoms with Crippen LogP contribution in [0.2, 0.25) is 0 Å². The van der Waals surface area contributed by atoms with Gasteiger partial charge in [0.05, 0.1) is 31.3 Å². The van der Waals surface area contributed by atoms with Gasteiger partial charge in [-0.15, -0.1) is 4.98 Å². The van der Waals surface area contributed by atoms with Gasteiger partial charge in [0.2, 0.25) is 5.82 Å². The second-order valence-corrected chi connectivity index (χ2v) is 6.09. The van der Waals surface area contributed by atoms with E-state index in [2.05, 4.69) is 31.8 Å². The molecule has 146 valence electrons. The van der Waals surface area contributed by atoms with Gasteiger partial charge < -0.3 is 9.47 Å². The lowest BCUT2D eigenvalue weighted by Crippen LogP contribution is -2.01. The third-order valence-corrected chi connectivity index (χ3v) is 4.10. The summed E-state index contributed by atoms with van der Waals surface area (Å²) in [5, 5.41) is 0. The van der Waals surface area contributed by atoms with Crippen LogP contribution in [0.1, 0.15) is 11.4 Å². The van der Waals surface area contributed by atoms with Crippen LogP contribution in [0.4, 0.5) is 0 Å².